The van der Waals surface area contributed by atoms with Crippen LogP contribution in [0.5, 0.6) is 5.75 Å². The van der Waals surface area contributed by atoms with Crippen LogP contribution in [0, 0.1) is 10.1 Å². The molecule has 2 aromatic carbocycles. The van der Waals surface area contributed by atoms with Crippen LogP contribution in [0.25, 0.3) is 11.0 Å². The number of nitro groups is 1. The molecular weight excluding hydrogens is 396 g/mol. The zero-order valence-electron chi connectivity index (χ0n) is 15.7. The van der Waals surface area contributed by atoms with Crippen LogP contribution in [-0.2, 0) is 4.74 Å². The Hall–Kier alpha value is -4.05. The van der Waals surface area contributed by atoms with Crippen LogP contribution in [0.2, 0.25) is 0 Å². The van der Waals surface area contributed by atoms with Gasteiger partial charge in [-0.15, -0.1) is 0 Å². The second kappa shape index (κ2) is 8.97. The van der Waals surface area contributed by atoms with Gasteiger partial charge in [0.2, 0.25) is 0 Å². The monoisotopic (exact) mass is 412 g/mol. The largest absolute Gasteiger partial charge is 0.423 e. The average Bonchev–Trinajstić information content (AvgIpc) is 2.73. The number of hydrogen-bond acceptors (Lipinski definition) is 8. The molecule has 0 radical (unpaired) electrons. The number of carbonyl (C=O) groups excluding carboxylic acids is 2. The van der Waals surface area contributed by atoms with E-state index in [9.17, 15) is 24.5 Å². The van der Waals surface area contributed by atoms with Crippen LogP contribution in [0.3, 0.4) is 0 Å². The summed E-state index contributed by atoms with van der Waals surface area (Å²) in [6.45, 7) is 0.531. The van der Waals surface area contributed by atoms with E-state index in [1.54, 1.807) is 0 Å². The normalized spacial score (nSPS) is 10.6. The van der Waals surface area contributed by atoms with E-state index >= 15 is 0 Å². The standard InChI is InChI=1S/C20H16N2O8/c1-28-8-7-21-18(23)16-10-12-5-6-15(11-17(12)30-20(16)25)29-19(24)13-3-2-4-14(9-13)22(26)27/h2-6,9-11H,7-8H2,1H3,(H,21,23). The van der Waals surface area contributed by atoms with Crippen molar-refractivity contribution in [2.45, 2.75) is 0 Å². The highest BCUT2D eigenvalue weighted by Gasteiger charge is 2.16. The van der Waals surface area contributed by atoms with Crippen molar-refractivity contribution in [3.05, 3.63) is 80.2 Å². The van der Waals surface area contributed by atoms with Crippen LogP contribution in [0.15, 0.2) is 57.7 Å². The first-order chi connectivity index (χ1) is 14.4. The van der Waals surface area contributed by atoms with Gasteiger partial charge < -0.3 is 19.2 Å². The molecule has 10 nitrogen and oxygen atoms in total. The van der Waals surface area contributed by atoms with E-state index in [1.807, 2.05) is 0 Å². The maximum Gasteiger partial charge on any atom is 0.349 e. The number of rotatable bonds is 7. The highest BCUT2D eigenvalue weighted by molar-refractivity contribution is 5.97. The van der Waals surface area contributed by atoms with Crippen LogP contribution in [-0.4, -0.2) is 37.1 Å². The van der Waals surface area contributed by atoms with E-state index in [2.05, 4.69) is 5.32 Å². The highest BCUT2D eigenvalue weighted by Crippen LogP contribution is 2.22. The number of esters is 1. The number of fused-ring (bicyclic) bond motifs is 1. The van der Waals surface area contributed by atoms with Crippen LogP contribution in [0.4, 0.5) is 5.69 Å². The van der Waals surface area contributed by atoms with Gasteiger partial charge in [-0.2, -0.15) is 0 Å². The Morgan fingerprint density at radius 3 is 2.70 bits per heavy atom. The van der Waals surface area contributed by atoms with Crippen molar-refractivity contribution in [3.63, 3.8) is 0 Å². The molecule has 0 fully saturated rings. The van der Waals surface area contributed by atoms with Crippen molar-refractivity contribution >= 4 is 28.5 Å². The minimum atomic E-state index is -0.848. The third-order valence-electron chi connectivity index (χ3n) is 4.05. The summed E-state index contributed by atoms with van der Waals surface area (Å²) in [5, 5.41) is 13.8. The quantitative estimate of drug-likeness (QED) is 0.156. The topological polar surface area (TPSA) is 138 Å². The number of nitrogens with one attached hydrogen (secondary N) is 1. The van der Waals surface area contributed by atoms with Crippen LogP contribution in [0.1, 0.15) is 20.7 Å². The van der Waals surface area contributed by atoms with Gasteiger partial charge in [0.05, 0.1) is 17.1 Å². The summed E-state index contributed by atoms with van der Waals surface area (Å²) in [5.74, 6) is -1.34. The summed E-state index contributed by atoms with van der Waals surface area (Å²) >= 11 is 0. The Morgan fingerprint density at radius 1 is 1.17 bits per heavy atom. The number of ether oxygens (including phenoxy) is 2. The van der Waals surface area contributed by atoms with E-state index in [0.717, 1.165) is 6.07 Å². The summed E-state index contributed by atoms with van der Waals surface area (Å²) in [5.41, 5.74) is -1.16. The van der Waals surface area contributed by atoms with Crippen molar-refractivity contribution in [2.24, 2.45) is 0 Å². The molecule has 10 heteroatoms. The molecule has 1 N–H and O–H groups in total. The van der Waals surface area contributed by atoms with Gasteiger partial charge in [-0.05, 0) is 24.3 Å². The van der Waals surface area contributed by atoms with Gasteiger partial charge in [0, 0.05) is 37.2 Å². The lowest BCUT2D eigenvalue weighted by Gasteiger charge is -2.07. The van der Waals surface area contributed by atoms with Gasteiger partial charge in [-0.1, -0.05) is 6.07 Å². The van der Waals surface area contributed by atoms with E-state index in [1.165, 1.54) is 49.6 Å². The summed E-state index contributed by atoms with van der Waals surface area (Å²) in [6.07, 6.45) is 0. The molecule has 30 heavy (non-hydrogen) atoms. The lowest BCUT2D eigenvalue weighted by atomic mass is 10.1. The van der Waals surface area contributed by atoms with Crippen molar-refractivity contribution in [3.8, 4) is 5.75 Å². The van der Waals surface area contributed by atoms with Crippen molar-refractivity contribution in [2.75, 3.05) is 20.3 Å². The molecule has 0 aliphatic rings. The third-order valence-corrected chi connectivity index (χ3v) is 4.05. The Morgan fingerprint density at radius 2 is 1.97 bits per heavy atom. The van der Waals surface area contributed by atoms with Gasteiger partial charge in [0.25, 0.3) is 11.6 Å². The van der Waals surface area contributed by atoms with Crippen molar-refractivity contribution in [1.82, 2.24) is 5.32 Å². The number of benzene rings is 2. The SMILES string of the molecule is COCCNC(=O)c1cc2ccc(OC(=O)c3cccc([N+](=O)[O-])c3)cc2oc1=O. The average molecular weight is 412 g/mol. The van der Waals surface area contributed by atoms with Gasteiger partial charge in [-0.3, -0.25) is 14.9 Å². The molecule has 0 spiro atoms. The van der Waals surface area contributed by atoms with Crippen molar-refractivity contribution in [1.29, 1.82) is 0 Å². The first-order valence-electron chi connectivity index (χ1n) is 8.70. The van der Waals surface area contributed by atoms with E-state index < -0.39 is 22.4 Å². The molecule has 0 aliphatic heterocycles. The molecule has 1 amide bonds. The fraction of sp³-hybridized carbons (Fsp3) is 0.150. The van der Waals surface area contributed by atoms with Gasteiger partial charge in [-0.25, -0.2) is 9.59 Å². The number of methoxy groups -OCH3 is 1. The first-order valence-corrected chi connectivity index (χ1v) is 8.70. The van der Waals surface area contributed by atoms with Crippen LogP contribution < -0.4 is 15.7 Å². The number of amides is 1. The zero-order chi connectivity index (χ0) is 21.7. The smallest absolute Gasteiger partial charge is 0.349 e. The Kier molecular flexibility index (Phi) is 6.18. The molecule has 1 aromatic heterocycles. The number of nitrogens with zero attached hydrogens (tertiary/aromatic N) is 1. The van der Waals surface area contributed by atoms with Gasteiger partial charge >= 0.3 is 11.6 Å². The molecule has 3 aromatic rings. The van der Waals surface area contributed by atoms with E-state index in [-0.39, 0.29) is 34.7 Å². The molecule has 0 unspecified atom stereocenters. The van der Waals surface area contributed by atoms with E-state index in [4.69, 9.17) is 13.9 Å². The van der Waals surface area contributed by atoms with Gasteiger partial charge in [0.15, 0.2) is 0 Å². The highest BCUT2D eigenvalue weighted by atomic mass is 16.6. The predicted octanol–water partition coefficient (Wildman–Crippen LogP) is 2.30. The number of nitro benzene ring substituents is 1. The molecule has 0 bridgehead atoms. The summed E-state index contributed by atoms with van der Waals surface area (Å²) in [6, 6.07) is 10.7. The maximum atomic E-state index is 12.3. The summed E-state index contributed by atoms with van der Waals surface area (Å²) < 4.78 is 15.2. The number of non-ortho nitro benzene ring substituents is 1. The molecule has 3 rings (SSSR count). The fourth-order valence-corrected chi connectivity index (χ4v) is 2.59. The minimum absolute atomic E-state index is 0.00572. The first kappa shape index (κ1) is 20.7. The maximum absolute atomic E-state index is 12.3. The molecule has 0 aliphatic carbocycles. The Labute approximate surface area is 169 Å². The molecule has 0 atom stereocenters. The summed E-state index contributed by atoms with van der Waals surface area (Å²) in [7, 11) is 1.49. The minimum Gasteiger partial charge on any atom is -0.423 e. The van der Waals surface area contributed by atoms with Gasteiger partial charge in [0.1, 0.15) is 16.9 Å². The number of hydrogen-bond donors (Lipinski definition) is 1. The molecule has 1 heterocycles. The molecule has 0 saturated carbocycles. The Bertz CT molecular complexity index is 1180. The second-order valence-electron chi connectivity index (χ2n) is 6.09. The van der Waals surface area contributed by atoms with Crippen molar-refractivity contribution < 1.29 is 28.4 Å². The van der Waals surface area contributed by atoms with Crippen LogP contribution >= 0.6 is 0 Å². The fourth-order valence-electron chi connectivity index (χ4n) is 2.59. The molecular formula is C20H16N2O8. The summed E-state index contributed by atoms with van der Waals surface area (Å²) in [4.78, 5) is 46.7. The lowest BCUT2D eigenvalue weighted by Crippen LogP contribution is -2.30. The lowest BCUT2D eigenvalue weighted by molar-refractivity contribution is -0.384. The third kappa shape index (κ3) is 4.67. The molecule has 0 saturated heterocycles. The Balaban J connectivity index is 1.82. The van der Waals surface area contributed by atoms with E-state index in [0.29, 0.717) is 12.0 Å². The predicted molar refractivity (Wildman–Crippen MR) is 105 cm³/mol. The molecule has 154 valence electrons. The number of carbonyl (C=O) groups is 2. The second-order valence-corrected chi connectivity index (χ2v) is 6.09. The zero-order valence-corrected chi connectivity index (χ0v) is 15.7.